The summed E-state index contributed by atoms with van der Waals surface area (Å²) in [5, 5.41) is 0. The van der Waals surface area contributed by atoms with Crippen LogP contribution in [0.3, 0.4) is 0 Å². The number of hydrogen-bond donors (Lipinski definition) is 1. The fraction of sp³-hybridized carbons (Fsp3) is 0.444. The zero-order valence-corrected chi connectivity index (χ0v) is 13.7. The summed E-state index contributed by atoms with van der Waals surface area (Å²) in [6, 6.07) is 9.67. The summed E-state index contributed by atoms with van der Waals surface area (Å²) >= 11 is 0. The third-order valence-electron chi connectivity index (χ3n) is 4.37. The number of para-hydroxylation sites is 1. The Morgan fingerprint density at radius 1 is 1.39 bits per heavy atom. The van der Waals surface area contributed by atoms with Crippen LogP contribution in [0.15, 0.2) is 35.1 Å². The van der Waals surface area contributed by atoms with Gasteiger partial charge in [0.2, 0.25) is 0 Å². The van der Waals surface area contributed by atoms with E-state index in [1.165, 1.54) is 5.56 Å². The number of piperidine rings is 1. The van der Waals surface area contributed by atoms with Gasteiger partial charge in [-0.25, -0.2) is 4.98 Å². The van der Waals surface area contributed by atoms with Gasteiger partial charge in [0.15, 0.2) is 0 Å². The number of H-pyrrole nitrogens is 1. The number of hydrogen-bond acceptors (Lipinski definition) is 4. The first-order chi connectivity index (χ1) is 11.2. The summed E-state index contributed by atoms with van der Waals surface area (Å²) in [5.74, 6) is 2.03. The third-order valence-corrected chi connectivity index (χ3v) is 4.37. The minimum Gasteiger partial charge on any atom is -0.496 e. The van der Waals surface area contributed by atoms with Gasteiger partial charge in [0.25, 0.3) is 5.56 Å². The fourth-order valence-electron chi connectivity index (χ4n) is 3.29. The highest BCUT2D eigenvalue weighted by Crippen LogP contribution is 2.27. The van der Waals surface area contributed by atoms with Gasteiger partial charge < -0.3 is 9.72 Å². The maximum atomic E-state index is 11.7. The van der Waals surface area contributed by atoms with Crippen LogP contribution in [0.4, 0.5) is 0 Å². The Kier molecular flexibility index (Phi) is 4.76. The molecule has 3 rings (SSSR count). The van der Waals surface area contributed by atoms with E-state index in [9.17, 15) is 4.79 Å². The molecule has 2 heterocycles. The van der Waals surface area contributed by atoms with E-state index < -0.39 is 0 Å². The minimum absolute atomic E-state index is 0.0608. The fourth-order valence-corrected chi connectivity index (χ4v) is 3.29. The number of aromatic nitrogens is 2. The molecule has 1 unspecified atom stereocenters. The van der Waals surface area contributed by atoms with E-state index in [-0.39, 0.29) is 11.5 Å². The molecule has 1 saturated heterocycles. The van der Waals surface area contributed by atoms with Gasteiger partial charge in [0, 0.05) is 36.3 Å². The summed E-state index contributed by atoms with van der Waals surface area (Å²) < 4.78 is 5.44. The number of aryl methyl sites for hydroxylation is 1. The number of ether oxygens (including phenoxy) is 1. The van der Waals surface area contributed by atoms with E-state index in [1.54, 1.807) is 13.2 Å². The van der Waals surface area contributed by atoms with Crippen LogP contribution in [-0.2, 0) is 6.54 Å². The Bertz CT molecular complexity index is 726. The number of methoxy groups -OCH3 is 1. The van der Waals surface area contributed by atoms with Crippen molar-refractivity contribution in [3.05, 3.63) is 57.8 Å². The molecule has 1 fully saturated rings. The zero-order valence-electron chi connectivity index (χ0n) is 13.7. The maximum absolute atomic E-state index is 11.7. The number of rotatable bonds is 4. The molecule has 0 amide bonds. The van der Waals surface area contributed by atoms with Gasteiger partial charge in [-0.05, 0) is 32.4 Å². The first-order valence-electron chi connectivity index (χ1n) is 8.08. The normalized spacial score (nSPS) is 18.8. The molecule has 2 aromatic rings. The van der Waals surface area contributed by atoms with Crippen molar-refractivity contribution in [3.63, 3.8) is 0 Å². The van der Waals surface area contributed by atoms with E-state index in [0.29, 0.717) is 0 Å². The molecular formula is C18H23N3O2. The monoisotopic (exact) mass is 313 g/mol. The minimum atomic E-state index is -0.0608. The van der Waals surface area contributed by atoms with E-state index in [2.05, 4.69) is 20.9 Å². The average Bonchev–Trinajstić information content (AvgIpc) is 2.55. The topological polar surface area (TPSA) is 58.2 Å². The summed E-state index contributed by atoms with van der Waals surface area (Å²) in [6.45, 7) is 4.69. The van der Waals surface area contributed by atoms with Crippen LogP contribution in [0.1, 0.15) is 35.8 Å². The van der Waals surface area contributed by atoms with Gasteiger partial charge >= 0.3 is 0 Å². The van der Waals surface area contributed by atoms with E-state index in [1.807, 2.05) is 25.1 Å². The number of likely N-dealkylation sites (tertiary alicyclic amines) is 1. The van der Waals surface area contributed by atoms with E-state index >= 15 is 0 Å². The van der Waals surface area contributed by atoms with Crippen LogP contribution in [-0.4, -0.2) is 35.1 Å². The van der Waals surface area contributed by atoms with Crippen LogP contribution in [0.25, 0.3) is 0 Å². The van der Waals surface area contributed by atoms with Gasteiger partial charge in [0.1, 0.15) is 11.6 Å². The second kappa shape index (κ2) is 6.96. The number of benzene rings is 1. The molecule has 5 nitrogen and oxygen atoms in total. The molecule has 0 saturated carbocycles. The van der Waals surface area contributed by atoms with Crippen molar-refractivity contribution >= 4 is 0 Å². The lowest BCUT2D eigenvalue weighted by Crippen LogP contribution is -2.35. The van der Waals surface area contributed by atoms with Gasteiger partial charge in [-0.15, -0.1) is 0 Å². The molecule has 0 spiro atoms. The number of nitrogens with one attached hydrogen (secondary N) is 1. The maximum Gasteiger partial charge on any atom is 0.251 e. The Balaban J connectivity index is 1.74. The lowest BCUT2D eigenvalue weighted by molar-refractivity contribution is 0.194. The molecule has 0 aliphatic carbocycles. The molecule has 1 aliphatic rings. The van der Waals surface area contributed by atoms with Crippen molar-refractivity contribution in [1.29, 1.82) is 0 Å². The number of nitrogens with zero attached hydrogens (tertiary/aromatic N) is 2. The largest absolute Gasteiger partial charge is 0.496 e. The van der Waals surface area contributed by atoms with Crippen LogP contribution < -0.4 is 10.3 Å². The molecule has 5 heteroatoms. The Labute approximate surface area is 136 Å². The Morgan fingerprint density at radius 2 is 2.22 bits per heavy atom. The van der Waals surface area contributed by atoms with Gasteiger partial charge in [0.05, 0.1) is 7.11 Å². The highest BCUT2D eigenvalue weighted by molar-refractivity contribution is 5.33. The second-order valence-corrected chi connectivity index (χ2v) is 6.16. The van der Waals surface area contributed by atoms with Gasteiger partial charge in [-0.1, -0.05) is 18.2 Å². The van der Waals surface area contributed by atoms with Gasteiger partial charge in [-0.3, -0.25) is 9.69 Å². The zero-order chi connectivity index (χ0) is 16.2. The van der Waals surface area contributed by atoms with Crippen molar-refractivity contribution < 1.29 is 4.74 Å². The quantitative estimate of drug-likeness (QED) is 0.942. The van der Waals surface area contributed by atoms with Gasteiger partial charge in [-0.2, -0.15) is 0 Å². The van der Waals surface area contributed by atoms with Crippen molar-refractivity contribution in [1.82, 2.24) is 14.9 Å². The summed E-state index contributed by atoms with van der Waals surface area (Å²) in [4.78, 5) is 21.5. The average molecular weight is 313 g/mol. The van der Waals surface area contributed by atoms with Crippen molar-refractivity contribution in [3.8, 4) is 5.75 Å². The van der Waals surface area contributed by atoms with Crippen molar-refractivity contribution in [2.24, 2.45) is 0 Å². The van der Waals surface area contributed by atoms with Crippen LogP contribution in [0.5, 0.6) is 5.75 Å². The standard InChI is InChI=1S/C18H23N3O2/c1-13-10-17(22)20-18(19-13)15-7-5-9-21(12-15)11-14-6-3-4-8-16(14)23-2/h3-4,6,8,10,15H,5,7,9,11-12H2,1-2H3,(H,19,20,22). The number of aromatic amines is 1. The van der Waals surface area contributed by atoms with Crippen molar-refractivity contribution in [2.75, 3.05) is 20.2 Å². The first-order valence-corrected chi connectivity index (χ1v) is 8.08. The van der Waals surface area contributed by atoms with Crippen molar-refractivity contribution in [2.45, 2.75) is 32.2 Å². The van der Waals surface area contributed by atoms with E-state index in [0.717, 1.165) is 49.7 Å². The molecule has 0 bridgehead atoms. The highest BCUT2D eigenvalue weighted by Gasteiger charge is 2.24. The molecule has 1 atom stereocenters. The second-order valence-electron chi connectivity index (χ2n) is 6.16. The summed E-state index contributed by atoms with van der Waals surface area (Å²) in [5.41, 5.74) is 1.92. The molecule has 1 N–H and O–H groups in total. The molecule has 1 aliphatic heterocycles. The predicted octanol–water partition coefficient (Wildman–Crippen LogP) is 2.47. The lowest BCUT2D eigenvalue weighted by Gasteiger charge is -2.32. The Morgan fingerprint density at radius 3 is 3.00 bits per heavy atom. The molecule has 23 heavy (non-hydrogen) atoms. The predicted molar refractivity (Wildman–Crippen MR) is 89.8 cm³/mol. The third kappa shape index (κ3) is 3.79. The lowest BCUT2D eigenvalue weighted by atomic mass is 9.96. The van der Waals surface area contributed by atoms with Crippen LogP contribution >= 0.6 is 0 Å². The molecule has 0 radical (unpaired) electrons. The van der Waals surface area contributed by atoms with E-state index in [4.69, 9.17) is 4.74 Å². The molecule has 1 aromatic carbocycles. The summed E-state index contributed by atoms with van der Waals surface area (Å²) in [6.07, 6.45) is 2.17. The smallest absolute Gasteiger partial charge is 0.251 e. The Hall–Kier alpha value is -2.14. The molecule has 1 aromatic heterocycles. The molecule has 122 valence electrons. The molecular weight excluding hydrogens is 290 g/mol. The highest BCUT2D eigenvalue weighted by atomic mass is 16.5. The SMILES string of the molecule is COc1ccccc1CN1CCCC(c2nc(C)cc(=O)[nH]2)C1. The van der Waals surface area contributed by atoms with Crippen LogP contribution in [0.2, 0.25) is 0 Å². The van der Waals surface area contributed by atoms with Crippen LogP contribution in [0, 0.1) is 6.92 Å². The summed E-state index contributed by atoms with van der Waals surface area (Å²) in [7, 11) is 1.71. The first kappa shape index (κ1) is 15.7.